The number of nitrogens with one attached hydrogen (secondary N) is 1. The zero-order valence-electron chi connectivity index (χ0n) is 14.2. The van der Waals surface area contributed by atoms with E-state index in [4.69, 9.17) is 0 Å². The lowest BCUT2D eigenvalue weighted by atomic mass is 10.1. The normalized spacial score (nSPS) is 12.1. The van der Waals surface area contributed by atoms with Crippen molar-refractivity contribution >= 4 is 33.0 Å². The Morgan fingerprint density at radius 2 is 1.68 bits per heavy atom. The van der Waals surface area contributed by atoms with Crippen LogP contribution in [0.2, 0.25) is 0 Å². The van der Waals surface area contributed by atoms with Crippen LogP contribution in [0.5, 0.6) is 0 Å². The third-order valence-electron chi connectivity index (χ3n) is 3.71. The van der Waals surface area contributed by atoms with Crippen LogP contribution in [0.25, 0.3) is 5.65 Å². The molecule has 146 valence electrons. The van der Waals surface area contributed by atoms with Crippen molar-refractivity contribution in [2.45, 2.75) is 11.2 Å². The molecular weight excluding hydrogens is 399 g/mol. The molecule has 1 amide bonds. The fourth-order valence-electron chi connectivity index (χ4n) is 2.53. The van der Waals surface area contributed by atoms with E-state index in [9.17, 15) is 31.2 Å². The Kier molecular flexibility index (Phi) is 4.71. The second kappa shape index (κ2) is 6.75. The number of benzene rings is 1. The first-order valence-corrected chi connectivity index (χ1v) is 9.57. The Hall–Kier alpha value is -3.21. The van der Waals surface area contributed by atoms with Crippen LogP contribution in [0.15, 0.2) is 53.7 Å². The van der Waals surface area contributed by atoms with Gasteiger partial charge in [-0.15, -0.1) is 0 Å². The summed E-state index contributed by atoms with van der Waals surface area (Å²) in [5.41, 5.74) is 0.380. The van der Waals surface area contributed by atoms with E-state index in [1.54, 1.807) is 30.3 Å². The van der Waals surface area contributed by atoms with Gasteiger partial charge in [0.2, 0.25) is 0 Å². The van der Waals surface area contributed by atoms with Crippen LogP contribution in [-0.2, 0) is 14.6 Å². The van der Waals surface area contributed by atoms with Crippen LogP contribution in [-0.4, -0.2) is 41.9 Å². The molecule has 7 nitrogen and oxygen atoms in total. The lowest BCUT2D eigenvalue weighted by molar-refractivity contribution is -0.167. The molecule has 3 rings (SSSR count). The first-order valence-electron chi connectivity index (χ1n) is 7.68. The van der Waals surface area contributed by atoms with Gasteiger partial charge in [0.05, 0.1) is 0 Å². The van der Waals surface area contributed by atoms with E-state index in [1.807, 2.05) is 0 Å². The van der Waals surface area contributed by atoms with Crippen molar-refractivity contribution in [3.8, 4) is 0 Å². The highest BCUT2D eigenvalue weighted by molar-refractivity contribution is 7.90. The van der Waals surface area contributed by atoms with Gasteiger partial charge in [0.25, 0.3) is 0 Å². The molecule has 11 heteroatoms. The minimum atomic E-state index is -5.22. The minimum absolute atomic E-state index is 0.0532. The Balaban J connectivity index is 2.15. The fraction of sp³-hybridized carbons (Fsp3) is 0.118. The van der Waals surface area contributed by atoms with Gasteiger partial charge in [0.1, 0.15) is 5.65 Å². The first-order chi connectivity index (χ1) is 13.0. The number of pyridine rings is 1. The highest BCUT2D eigenvalue weighted by atomic mass is 32.2. The number of nitrogens with zero attached hydrogens (tertiary/aromatic N) is 2. The smallest absolute Gasteiger partial charge is 0.300 e. The van der Waals surface area contributed by atoms with Crippen molar-refractivity contribution < 1.29 is 31.2 Å². The van der Waals surface area contributed by atoms with E-state index >= 15 is 0 Å². The maximum absolute atomic E-state index is 12.6. The van der Waals surface area contributed by atoms with Crippen molar-refractivity contribution in [1.29, 1.82) is 0 Å². The van der Waals surface area contributed by atoms with Gasteiger partial charge in [-0.05, 0) is 12.1 Å². The molecule has 0 bridgehead atoms. The number of sulfone groups is 1. The summed E-state index contributed by atoms with van der Waals surface area (Å²) < 4.78 is 62.8. The molecule has 0 unspecified atom stereocenters. The zero-order valence-corrected chi connectivity index (χ0v) is 15.0. The Labute approximate surface area is 156 Å². The molecule has 0 radical (unpaired) electrons. The van der Waals surface area contributed by atoms with E-state index in [0.717, 1.165) is 16.9 Å². The van der Waals surface area contributed by atoms with Gasteiger partial charge in [-0.2, -0.15) is 13.2 Å². The van der Waals surface area contributed by atoms with E-state index in [2.05, 4.69) is 4.98 Å². The molecule has 0 atom stereocenters. The van der Waals surface area contributed by atoms with E-state index < -0.39 is 38.5 Å². The van der Waals surface area contributed by atoms with Crippen LogP contribution >= 0.6 is 0 Å². The number of halogens is 3. The molecule has 0 saturated carbocycles. The quantitative estimate of drug-likeness (QED) is 0.666. The summed E-state index contributed by atoms with van der Waals surface area (Å²) in [4.78, 5) is 27.5. The van der Waals surface area contributed by atoms with E-state index in [-0.39, 0.29) is 11.2 Å². The number of fused-ring (bicyclic) bond motifs is 1. The molecule has 0 aliphatic heterocycles. The lowest BCUT2D eigenvalue weighted by Crippen LogP contribution is -2.30. The number of imidazole rings is 1. The number of carbonyl (C=O) groups is 2. The molecule has 1 N–H and O–H groups in total. The van der Waals surface area contributed by atoms with Crippen LogP contribution in [0, 0.1) is 0 Å². The third-order valence-corrected chi connectivity index (χ3v) is 4.81. The number of hydrogen-bond donors (Lipinski definition) is 1. The summed E-state index contributed by atoms with van der Waals surface area (Å²) in [5, 5.41) is 0.803. The number of ketones is 1. The maximum atomic E-state index is 12.6. The summed E-state index contributed by atoms with van der Waals surface area (Å²) in [7, 11) is -4.11. The summed E-state index contributed by atoms with van der Waals surface area (Å²) in [6.07, 6.45) is -3.32. The number of anilines is 1. The lowest BCUT2D eigenvalue weighted by Gasteiger charge is -2.07. The number of carbonyl (C=O) groups excluding carboxylic acids is 2. The highest BCUT2D eigenvalue weighted by Gasteiger charge is 2.40. The maximum Gasteiger partial charge on any atom is 0.471 e. The largest absolute Gasteiger partial charge is 0.471 e. The van der Waals surface area contributed by atoms with Gasteiger partial charge in [0, 0.05) is 23.6 Å². The summed E-state index contributed by atoms with van der Waals surface area (Å²) in [6, 6.07) is 10.8. The average molecular weight is 411 g/mol. The molecule has 2 heterocycles. The molecule has 1 aromatic carbocycles. The average Bonchev–Trinajstić information content (AvgIpc) is 2.98. The van der Waals surface area contributed by atoms with Gasteiger partial charge >= 0.3 is 12.1 Å². The van der Waals surface area contributed by atoms with Gasteiger partial charge in [-0.1, -0.05) is 30.3 Å². The molecule has 0 spiro atoms. The van der Waals surface area contributed by atoms with Crippen molar-refractivity contribution in [2.75, 3.05) is 11.6 Å². The number of amides is 1. The molecular formula is C17H12F3N3O4S. The third kappa shape index (κ3) is 3.74. The van der Waals surface area contributed by atoms with Crippen LogP contribution in [0.4, 0.5) is 19.0 Å². The van der Waals surface area contributed by atoms with Crippen LogP contribution in [0.1, 0.15) is 15.9 Å². The first kappa shape index (κ1) is 19.5. The molecule has 28 heavy (non-hydrogen) atoms. The Morgan fingerprint density at radius 3 is 2.25 bits per heavy atom. The molecule has 0 aliphatic carbocycles. The zero-order chi connectivity index (χ0) is 20.7. The summed E-state index contributed by atoms with van der Waals surface area (Å²) >= 11 is 0. The second-order valence-corrected chi connectivity index (χ2v) is 7.76. The molecule has 3 aromatic rings. The molecule has 0 saturated heterocycles. The number of aromatic nitrogens is 2. The Morgan fingerprint density at radius 1 is 1.04 bits per heavy atom. The van der Waals surface area contributed by atoms with Gasteiger partial charge in [0.15, 0.2) is 26.5 Å². The minimum Gasteiger partial charge on any atom is -0.300 e. The van der Waals surface area contributed by atoms with E-state index in [0.29, 0.717) is 5.56 Å². The SMILES string of the molecule is CS(=O)(=O)c1c(NC(=O)C(F)(F)F)nc2ccc(C(=O)c3ccccc3)cn12. The fourth-order valence-corrected chi connectivity index (χ4v) is 3.48. The predicted molar refractivity (Wildman–Crippen MR) is 92.9 cm³/mol. The Bertz CT molecular complexity index is 1190. The van der Waals surface area contributed by atoms with Gasteiger partial charge in [-0.3, -0.25) is 14.0 Å². The second-order valence-electron chi connectivity index (χ2n) is 5.83. The summed E-state index contributed by atoms with van der Waals surface area (Å²) in [5.74, 6) is -3.55. The van der Waals surface area contributed by atoms with Crippen molar-refractivity contribution in [2.24, 2.45) is 0 Å². The standard InChI is InChI=1S/C17H12F3N3O4S/c1-28(26,27)15-14(22-16(25)17(18,19)20)21-12-8-7-11(9-23(12)15)13(24)10-5-3-2-4-6-10/h2-9H,1H3,(H,22,25). The molecule has 0 aliphatic rings. The number of alkyl halides is 3. The predicted octanol–water partition coefficient (Wildman–Crippen LogP) is 2.47. The number of hydrogen-bond acceptors (Lipinski definition) is 5. The molecule has 0 fully saturated rings. The highest BCUT2D eigenvalue weighted by Crippen LogP contribution is 2.26. The molecule has 2 aromatic heterocycles. The van der Waals surface area contributed by atoms with Crippen molar-refractivity contribution in [1.82, 2.24) is 9.38 Å². The van der Waals surface area contributed by atoms with Gasteiger partial charge in [-0.25, -0.2) is 13.4 Å². The van der Waals surface area contributed by atoms with Gasteiger partial charge < -0.3 is 5.32 Å². The van der Waals surface area contributed by atoms with E-state index in [1.165, 1.54) is 17.4 Å². The van der Waals surface area contributed by atoms with Crippen molar-refractivity contribution in [3.63, 3.8) is 0 Å². The van der Waals surface area contributed by atoms with Crippen molar-refractivity contribution in [3.05, 3.63) is 59.8 Å². The number of rotatable bonds is 4. The summed E-state index contributed by atoms with van der Waals surface area (Å²) in [6.45, 7) is 0. The topological polar surface area (TPSA) is 97.6 Å². The monoisotopic (exact) mass is 411 g/mol. The van der Waals surface area contributed by atoms with Crippen LogP contribution in [0.3, 0.4) is 0 Å². The van der Waals surface area contributed by atoms with Crippen LogP contribution < -0.4 is 5.32 Å².